The molecule has 1 atom stereocenters. The van der Waals surface area contributed by atoms with Gasteiger partial charge in [0.1, 0.15) is 0 Å². The molecule has 80 valence electrons. The first-order chi connectivity index (χ1) is 7.36. The molecule has 3 nitrogen and oxygen atoms in total. The Labute approximate surface area is 89.9 Å². The fraction of sp³-hybridized carbons (Fsp3) is 0.417. The van der Waals surface area contributed by atoms with Gasteiger partial charge in [0.2, 0.25) is 0 Å². The Morgan fingerprint density at radius 2 is 2.20 bits per heavy atom. The standard InChI is InChI=1S/C12H16N2O/c15-12(10-5-2-1-3-6-10)14-9-11-7-4-8-13-11/h1-3,5-6,11,13H,4,7-9H2,(H,14,15)/t11-/m0/s1. The average Bonchev–Trinajstić information content (AvgIpc) is 2.80. The number of carbonyl (C=O) groups is 1. The molecule has 0 spiro atoms. The monoisotopic (exact) mass is 204 g/mol. The van der Waals surface area contributed by atoms with Crippen LogP contribution in [-0.2, 0) is 0 Å². The minimum Gasteiger partial charge on any atom is -0.350 e. The number of nitrogens with one attached hydrogen (secondary N) is 2. The topological polar surface area (TPSA) is 41.1 Å². The van der Waals surface area contributed by atoms with Gasteiger partial charge in [0, 0.05) is 18.2 Å². The number of hydrogen-bond donors (Lipinski definition) is 2. The van der Waals surface area contributed by atoms with Crippen molar-refractivity contribution in [3.8, 4) is 0 Å². The maximum absolute atomic E-state index is 11.7. The average molecular weight is 204 g/mol. The number of amides is 1. The molecule has 1 saturated heterocycles. The second-order valence-electron chi connectivity index (χ2n) is 3.87. The van der Waals surface area contributed by atoms with E-state index < -0.39 is 0 Å². The molecule has 15 heavy (non-hydrogen) atoms. The van der Waals surface area contributed by atoms with Crippen molar-refractivity contribution < 1.29 is 4.79 Å². The first-order valence-corrected chi connectivity index (χ1v) is 5.43. The van der Waals surface area contributed by atoms with E-state index in [1.807, 2.05) is 30.3 Å². The SMILES string of the molecule is O=C(NC[C@@H]1CCCN1)c1ccccc1. The number of rotatable bonds is 3. The quantitative estimate of drug-likeness (QED) is 0.776. The normalized spacial score (nSPS) is 20.1. The molecule has 0 radical (unpaired) electrons. The number of benzene rings is 1. The van der Waals surface area contributed by atoms with Crippen molar-refractivity contribution in [3.05, 3.63) is 35.9 Å². The molecule has 0 saturated carbocycles. The van der Waals surface area contributed by atoms with Crippen LogP contribution in [0, 0.1) is 0 Å². The highest BCUT2D eigenvalue weighted by Crippen LogP contribution is 2.04. The van der Waals surface area contributed by atoms with E-state index in [1.54, 1.807) is 0 Å². The van der Waals surface area contributed by atoms with Crippen LogP contribution in [0.3, 0.4) is 0 Å². The van der Waals surface area contributed by atoms with Crippen molar-refractivity contribution in [1.82, 2.24) is 10.6 Å². The second kappa shape index (κ2) is 4.94. The van der Waals surface area contributed by atoms with Crippen LogP contribution in [0.2, 0.25) is 0 Å². The van der Waals surface area contributed by atoms with E-state index in [-0.39, 0.29) is 5.91 Å². The van der Waals surface area contributed by atoms with Gasteiger partial charge in [0.25, 0.3) is 5.91 Å². The minimum absolute atomic E-state index is 0.0179. The summed E-state index contributed by atoms with van der Waals surface area (Å²) in [5, 5.41) is 6.29. The fourth-order valence-electron chi connectivity index (χ4n) is 1.84. The molecule has 0 aliphatic carbocycles. The molecule has 0 unspecified atom stereocenters. The summed E-state index contributed by atoms with van der Waals surface area (Å²) < 4.78 is 0. The Bertz CT molecular complexity index is 318. The predicted molar refractivity (Wildman–Crippen MR) is 59.8 cm³/mol. The third-order valence-electron chi connectivity index (χ3n) is 2.71. The molecule has 2 N–H and O–H groups in total. The Kier molecular flexibility index (Phi) is 3.35. The van der Waals surface area contributed by atoms with Crippen LogP contribution in [-0.4, -0.2) is 25.0 Å². The molecule has 0 bridgehead atoms. The van der Waals surface area contributed by atoms with Crippen LogP contribution in [0.5, 0.6) is 0 Å². The van der Waals surface area contributed by atoms with Gasteiger partial charge in [-0.25, -0.2) is 0 Å². The molecule has 1 heterocycles. The van der Waals surface area contributed by atoms with Crippen LogP contribution < -0.4 is 10.6 Å². The van der Waals surface area contributed by atoms with Crippen LogP contribution in [0.4, 0.5) is 0 Å². The summed E-state index contributed by atoms with van der Waals surface area (Å²) in [4.78, 5) is 11.7. The predicted octanol–water partition coefficient (Wildman–Crippen LogP) is 1.17. The summed E-state index contributed by atoms with van der Waals surface area (Å²) in [6, 6.07) is 9.79. The smallest absolute Gasteiger partial charge is 0.251 e. The first kappa shape index (κ1) is 10.2. The highest BCUT2D eigenvalue weighted by molar-refractivity contribution is 5.94. The van der Waals surface area contributed by atoms with Crippen LogP contribution in [0.1, 0.15) is 23.2 Å². The molecule has 1 fully saturated rings. The molecule has 1 aromatic carbocycles. The maximum atomic E-state index is 11.7. The molecule has 0 aromatic heterocycles. The van der Waals surface area contributed by atoms with Crippen molar-refractivity contribution >= 4 is 5.91 Å². The minimum atomic E-state index is 0.0179. The molecular weight excluding hydrogens is 188 g/mol. The van der Waals surface area contributed by atoms with E-state index in [0.717, 1.165) is 25.1 Å². The second-order valence-corrected chi connectivity index (χ2v) is 3.87. The summed E-state index contributed by atoms with van der Waals surface area (Å²) in [6.45, 7) is 1.81. The van der Waals surface area contributed by atoms with Crippen LogP contribution in [0.15, 0.2) is 30.3 Å². The van der Waals surface area contributed by atoms with Crippen molar-refractivity contribution in [1.29, 1.82) is 0 Å². The summed E-state index contributed by atoms with van der Waals surface area (Å²) in [5.41, 5.74) is 0.732. The number of carbonyl (C=O) groups excluding carboxylic acids is 1. The summed E-state index contributed by atoms with van der Waals surface area (Å²) >= 11 is 0. The van der Waals surface area contributed by atoms with Gasteiger partial charge < -0.3 is 10.6 Å². The Hall–Kier alpha value is -1.35. The van der Waals surface area contributed by atoms with E-state index in [9.17, 15) is 4.79 Å². The van der Waals surface area contributed by atoms with Crippen molar-refractivity contribution in [2.75, 3.05) is 13.1 Å². The molecular formula is C12H16N2O. The molecule has 3 heteroatoms. The van der Waals surface area contributed by atoms with E-state index in [4.69, 9.17) is 0 Å². The molecule has 1 aromatic rings. The third kappa shape index (κ3) is 2.80. The van der Waals surface area contributed by atoms with E-state index >= 15 is 0 Å². The van der Waals surface area contributed by atoms with Gasteiger partial charge in [-0.05, 0) is 31.5 Å². The van der Waals surface area contributed by atoms with E-state index in [1.165, 1.54) is 6.42 Å². The highest BCUT2D eigenvalue weighted by Gasteiger charge is 2.14. The van der Waals surface area contributed by atoms with Gasteiger partial charge in [-0.15, -0.1) is 0 Å². The van der Waals surface area contributed by atoms with Crippen molar-refractivity contribution in [3.63, 3.8) is 0 Å². The highest BCUT2D eigenvalue weighted by atomic mass is 16.1. The fourth-order valence-corrected chi connectivity index (χ4v) is 1.84. The zero-order chi connectivity index (χ0) is 10.5. The lowest BCUT2D eigenvalue weighted by atomic mass is 10.2. The molecule has 1 amide bonds. The molecule has 1 aliphatic heterocycles. The molecule has 2 rings (SSSR count). The van der Waals surface area contributed by atoms with Crippen LogP contribution in [0.25, 0.3) is 0 Å². The first-order valence-electron chi connectivity index (χ1n) is 5.43. The maximum Gasteiger partial charge on any atom is 0.251 e. The van der Waals surface area contributed by atoms with Gasteiger partial charge in [0.15, 0.2) is 0 Å². The summed E-state index contributed by atoms with van der Waals surface area (Å²) in [5.74, 6) is 0.0179. The van der Waals surface area contributed by atoms with Gasteiger partial charge in [0.05, 0.1) is 0 Å². The Morgan fingerprint density at radius 3 is 2.87 bits per heavy atom. The largest absolute Gasteiger partial charge is 0.350 e. The van der Waals surface area contributed by atoms with E-state index in [0.29, 0.717) is 6.04 Å². The van der Waals surface area contributed by atoms with Gasteiger partial charge in [-0.3, -0.25) is 4.79 Å². The van der Waals surface area contributed by atoms with Crippen molar-refractivity contribution in [2.45, 2.75) is 18.9 Å². The summed E-state index contributed by atoms with van der Waals surface area (Å²) in [7, 11) is 0. The lowest BCUT2D eigenvalue weighted by molar-refractivity contribution is 0.0950. The molecule has 1 aliphatic rings. The Balaban J connectivity index is 1.82. The van der Waals surface area contributed by atoms with E-state index in [2.05, 4.69) is 10.6 Å². The number of hydrogen-bond acceptors (Lipinski definition) is 2. The van der Waals surface area contributed by atoms with Gasteiger partial charge in [-0.2, -0.15) is 0 Å². The zero-order valence-corrected chi connectivity index (χ0v) is 8.70. The lowest BCUT2D eigenvalue weighted by Gasteiger charge is -2.11. The van der Waals surface area contributed by atoms with Gasteiger partial charge >= 0.3 is 0 Å². The summed E-state index contributed by atoms with van der Waals surface area (Å²) in [6.07, 6.45) is 2.38. The Morgan fingerprint density at radius 1 is 1.40 bits per heavy atom. The third-order valence-corrected chi connectivity index (χ3v) is 2.71. The zero-order valence-electron chi connectivity index (χ0n) is 8.70. The van der Waals surface area contributed by atoms with Gasteiger partial charge in [-0.1, -0.05) is 18.2 Å². The lowest BCUT2D eigenvalue weighted by Crippen LogP contribution is -2.37. The van der Waals surface area contributed by atoms with Crippen molar-refractivity contribution in [2.24, 2.45) is 0 Å². The van der Waals surface area contributed by atoms with Crippen LogP contribution >= 0.6 is 0 Å².